The van der Waals surface area contributed by atoms with Gasteiger partial charge < -0.3 is 15.3 Å². The molecule has 0 spiro atoms. The Kier molecular flexibility index (Phi) is 7.44. The Morgan fingerprint density at radius 1 is 1.32 bits per heavy atom. The van der Waals surface area contributed by atoms with Crippen molar-refractivity contribution in [3.63, 3.8) is 0 Å². The van der Waals surface area contributed by atoms with Crippen molar-refractivity contribution in [1.29, 1.82) is 0 Å². The molecule has 0 aliphatic carbocycles. The Morgan fingerprint density at radius 2 is 2.04 bits per heavy atom. The second-order valence-electron chi connectivity index (χ2n) is 7.00. The Bertz CT molecular complexity index is 559. The predicted molar refractivity (Wildman–Crippen MR) is 98.0 cm³/mol. The molecular formula is C20H30N2O3. The van der Waals surface area contributed by atoms with Gasteiger partial charge in [-0.05, 0) is 31.7 Å². The first-order valence-electron chi connectivity index (χ1n) is 9.31. The molecule has 1 heterocycles. The summed E-state index contributed by atoms with van der Waals surface area (Å²) >= 11 is 0. The van der Waals surface area contributed by atoms with Gasteiger partial charge in [-0.15, -0.1) is 0 Å². The van der Waals surface area contributed by atoms with Crippen LogP contribution in [0.25, 0.3) is 0 Å². The number of piperidine rings is 1. The van der Waals surface area contributed by atoms with Gasteiger partial charge in [-0.25, -0.2) is 0 Å². The average Bonchev–Trinajstić information content (AvgIpc) is 2.61. The van der Waals surface area contributed by atoms with Gasteiger partial charge in [0.1, 0.15) is 6.04 Å². The Morgan fingerprint density at radius 3 is 2.68 bits per heavy atom. The van der Waals surface area contributed by atoms with E-state index in [1.165, 1.54) is 0 Å². The number of nitrogens with zero attached hydrogens (tertiary/aromatic N) is 1. The third kappa shape index (κ3) is 5.85. The van der Waals surface area contributed by atoms with Crippen LogP contribution in [0, 0.1) is 5.92 Å². The SMILES string of the molecule is CCCC(NC(=O)Cc1ccccc1)C(=O)N1CCCC(C(C)O)C1. The van der Waals surface area contributed by atoms with Crippen LogP contribution < -0.4 is 5.32 Å². The normalized spacial score (nSPS) is 20.0. The molecule has 0 bridgehead atoms. The van der Waals surface area contributed by atoms with Gasteiger partial charge in [-0.2, -0.15) is 0 Å². The van der Waals surface area contributed by atoms with E-state index in [9.17, 15) is 14.7 Å². The van der Waals surface area contributed by atoms with Crippen LogP contribution in [0.1, 0.15) is 45.1 Å². The quantitative estimate of drug-likeness (QED) is 0.795. The Labute approximate surface area is 150 Å². The first-order chi connectivity index (χ1) is 12.0. The van der Waals surface area contributed by atoms with E-state index in [0.717, 1.165) is 24.8 Å². The van der Waals surface area contributed by atoms with Crippen molar-refractivity contribution in [2.75, 3.05) is 13.1 Å². The molecule has 138 valence electrons. The molecule has 0 aromatic heterocycles. The van der Waals surface area contributed by atoms with E-state index in [4.69, 9.17) is 0 Å². The maximum absolute atomic E-state index is 12.9. The van der Waals surface area contributed by atoms with Gasteiger partial charge >= 0.3 is 0 Å². The summed E-state index contributed by atoms with van der Waals surface area (Å²) in [6, 6.07) is 9.07. The zero-order valence-electron chi connectivity index (χ0n) is 15.3. The lowest BCUT2D eigenvalue weighted by atomic mass is 9.93. The van der Waals surface area contributed by atoms with Crippen molar-refractivity contribution >= 4 is 11.8 Å². The molecule has 0 radical (unpaired) electrons. The third-order valence-electron chi connectivity index (χ3n) is 4.87. The number of likely N-dealkylation sites (tertiary alicyclic amines) is 1. The summed E-state index contributed by atoms with van der Waals surface area (Å²) in [5.74, 6) is -0.0179. The zero-order valence-corrected chi connectivity index (χ0v) is 15.3. The lowest BCUT2D eigenvalue weighted by molar-refractivity contribution is -0.138. The second-order valence-corrected chi connectivity index (χ2v) is 7.00. The molecule has 3 unspecified atom stereocenters. The molecule has 1 fully saturated rings. The summed E-state index contributed by atoms with van der Waals surface area (Å²) in [7, 11) is 0. The highest BCUT2D eigenvalue weighted by Gasteiger charge is 2.30. The number of hydrogen-bond acceptors (Lipinski definition) is 3. The number of hydrogen-bond donors (Lipinski definition) is 2. The average molecular weight is 346 g/mol. The summed E-state index contributed by atoms with van der Waals surface area (Å²) in [5.41, 5.74) is 0.940. The molecular weight excluding hydrogens is 316 g/mol. The van der Waals surface area contributed by atoms with Crippen molar-refractivity contribution in [2.45, 2.75) is 58.1 Å². The second kappa shape index (κ2) is 9.56. The molecule has 3 atom stereocenters. The molecule has 5 heteroatoms. The first kappa shape index (κ1) is 19.4. The number of carbonyl (C=O) groups excluding carboxylic acids is 2. The van der Waals surface area contributed by atoms with Gasteiger partial charge in [-0.3, -0.25) is 9.59 Å². The molecule has 0 saturated carbocycles. The summed E-state index contributed by atoms with van der Waals surface area (Å²) < 4.78 is 0. The van der Waals surface area contributed by atoms with Crippen molar-refractivity contribution in [3.05, 3.63) is 35.9 Å². The van der Waals surface area contributed by atoms with Crippen LogP contribution in [0.15, 0.2) is 30.3 Å². The molecule has 1 aromatic rings. The van der Waals surface area contributed by atoms with E-state index in [1.807, 2.05) is 42.2 Å². The fourth-order valence-corrected chi connectivity index (χ4v) is 3.40. The Hall–Kier alpha value is -1.88. The lowest BCUT2D eigenvalue weighted by Crippen LogP contribution is -2.52. The van der Waals surface area contributed by atoms with Crippen molar-refractivity contribution in [2.24, 2.45) is 5.92 Å². The number of carbonyl (C=O) groups is 2. The Balaban J connectivity index is 1.96. The van der Waals surface area contributed by atoms with Crippen molar-refractivity contribution < 1.29 is 14.7 Å². The number of amides is 2. The molecule has 1 aromatic carbocycles. The molecule has 2 rings (SSSR count). The fourth-order valence-electron chi connectivity index (χ4n) is 3.40. The van der Waals surface area contributed by atoms with Gasteiger partial charge in [-0.1, -0.05) is 43.7 Å². The molecule has 1 aliphatic rings. The number of aliphatic hydroxyl groups excluding tert-OH is 1. The number of nitrogens with one attached hydrogen (secondary N) is 1. The lowest BCUT2D eigenvalue weighted by Gasteiger charge is -2.36. The summed E-state index contributed by atoms with van der Waals surface area (Å²) in [6.07, 6.45) is 3.18. The molecule has 1 aliphatic heterocycles. The maximum Gasteiger partial charge on any atom is 0.245 e. The highest BCUT2D eigenvalue weighted by atomic mass is 16.3. The topological polar surface area (TPSA) is 69.6 Å². The van der Waals surface area contributed by atoms with Gasteiger partial charge in [0.2, 0.25) is 11.8 Å². The highest BCUT2D eigenvalue weighted by Crippen LogP contribution is 2.21. The minimum absolute atomic E-state index is 0.0198. The molecule has 1 saturated heterocycles. The largest absolute Gasteiger partial charge is 0.393 e. The summed E-state index contributed by atoms with van der Waals surface area (Å²) in [4.78, 5) is 27.0. The van der Waals surface area contributed by atoms with Crippen LogP contribution in [0.3, 0.4) is 0 Å². The van der Waals surface area contributed by atoms with E-state index in [2.05, 4.69) is 5.32 Å². The number of benzene rings is 1. The predicted octanol–water partition coefficient (Wildman–Crippen LogP) is 2.13. The zero-order chi connectivity index (χ0) is 18.2. The minimum atomic E-state index is -0.478. The molecule has 5 nitrogen and oxygen atoms in total. The van der Waals surface area contributed by atoms with Crippen LogP contribution in [0.2, 0.25) is 0 Å². The van der Waals surface area contributed by atoms with Crippen LogP contribution >= 0.6 is 0 Å². The van der Waals surface area contributed by atoms with E-state index >= 15 is 0 Å². The summed E-state index contributed by atoms with van der Waals surface area (Å²) in [6.45, 7) is 5.07. The van der Waals surface area contributed by atoms with Crippen LogP contribution in [-0.4, -0.2) is 47.1 Å². The monoisotopic (exact) mass is 346 g/mol. The minimum Gasteiger partial charge on any atom is -0.393 e. The molecule has 2 N–H and O–H groups in total. The molecule has 25 heavy (non-hydrogen) atoms. The highest BCUT2D eigenvalue weighted by molar-refractivity contribution is 5.88. The summed E-state index contributed by atoms with van der Waals surface area (Å²) in [5, 5.41) is 12.7. The van der Waals surface area contributed by atoms with Gasteiger partial charge in [0, 0.05) is 19.0 Å². The fraction of sp³-hybridized carbons (Fsp3) is 0.600. The van der Waals surface area contributed by atoms with Crippen LogP contribution in [-0.2, 0) is 16.0 Å². The maximum atomic E-state index is 12.9. The van der Waals surface area contributed by atoms with E-state index in [0.29, 0.717) is 19.5 Å². The van der Waals surface area contributed by atoms with E-state index in [1.54, 1.807) is 6.92 Å². The van der Waals surface area contributed by atoms with Gasteiger partial charge in [0.15, 0.2) is 0 Å². The number of aliphatic hydroxyl groups is 1. The van der Waals surface area contributed by atoms with Crippen LogP contribution in [0.4, 0.5) is 0 Å². The molecule has 2 amide bonds. The van der Waals surface area contributed by atoms with Crippen molar-refractivity contribution in [3.8, 4) is 0 Å². The van der Waals surface area contributed by atoms with Crippen LogP contribution in [0.5, 0.6) is 0 Å². The smallest absolute Gasteiger partial charge is 0.245 e. The third-order valence-corrected chi connectivity index (χ3v) is 4.87. The van der Waals surface area contributed by atoms with Gasteiger partial charge in [0.05, 0.1) is 12.5 Å². The van der Waals surface area contributed by atoms with E-state index in [-0.39, 0.29) is 24.2 Å². The van der Waals surface area contributed by atoms with Crippen molar-refractivity contribution in [1.82, 2.24) is 10.2 Å². The standard InChI is InChI=1S/C20H30N2O3/c1-3-8-18(21-19(24)13-16-9-5-4-6-10-16)20(25)22-12-7-11-17(14-22)15(2)23/h4-6,9-10,15,17-18,23H,3,7-8,11-14H2,1-2H3,(H,21,24). The van der Waals surface area contributed by atoms with Gasteiger partial charge in [0.25, 0.3) is 0 Å². The van der Waals surface area contributed by atoms with E-state index < -0.39 is 12.1 Å². The number of rotatable bonds is 7. The first-order valence-corrected chi connectivity index (χ1v) is 9.31.